The molecule has 2 aromatic carbocycles. The van der Waals surface area contributed by atoms with E-state index in [-0.39, 0.29) is 18.7 Å². The van der Waals surface area contributed by atoms with Crippen molar-refractivity contribution in [2.75, 3.05) is 12.5 Å². The number of fused-ring (bicyclic) bond motifs is 1. The smallest absolute Gasteiger partial charge is 0.231 e. The van der Waals surface area contributed by atoms with Crippen LogP contribution in [0.15, 0.2) is 47.4 Å². The van der Waals surface area contributed by atoms with Crippen molar-refractivity contribution in [1.29, 1.82) is 0 Å². The summed E-state index contributed by atoms with van der Waals surface area (Å²) in [5.74, 6) is 1.80. The highest BCUT2D eigenvalue weighted by Gasteiger charge is 2.16. The lowest BCUT2D eigenvalue weighted by atomic mass is 10.1. The van der Waals surface area contributed by atoms with Gasteiger partial charge >= 0.3 is 0 Å². The Morgan fingerprint density at radius 3 is 2.74 bits per heavy atom. The van der Waals surface area contributed by atoms with Gasteiger partial charge in [-0.05, 0) is 48.9 Å². The number of amides is 1. The predicted octanol–water partition coefficient (Wildman–Crippen LogP) is 4.04. The lowest BCUT2D eigenvalue weighted by molar-refractivity contribution is -0.119. The summed E-state index contributed by atoms with van der Waals surface area (Å²) in [5, 5.41) is 3.68. The largest absolute Gasteiger partial charge is 0.454 e. The van der Waals surface area contributed by atoms with Crippen LogP contribution in [-0.2, 0) is 4.79 Å². The van der Waals surface area contributed by atoms with Crippen molar-refractivity contribution in [3.05, 3.63) is 53.1 Å². The molecule has 0 radical (unpaired) electrons. The van der Waals surface area contributed by atoms with Crippen LogP contribution in [0.2, 0.25) is 5.02 Å². The third-order valence-corrected chi connectivity index (χ3v) is 4.72. The first kappa shape index (κ1) is 16.0. The Balaban J connectivity index is 1.54. The first-order valence-electron chi connectivity index (χ1n) is 7.19. The lowest BCUT2D eigenvalue weighted by Gasteiger charge is -2.14. The molecule has 4 nitrogen and oxygen atoms in total. The summed E-state index contributed by atoms with van der Waals surface area (Å²) in [6, 6.07) is 13.0. The number of thioether (sulfide) groups is 1. The molecule has 1 atom stereocenters. The molecule has 0 saturated heterocycles. The van der Waals surface area contributed by atoms with E-state index in [1.54, 1.807) is 0 Å². The number of carbonyl (C=O) groups is 1. The van der Waals surface area contributed by atoms with Crippen LogP contribution in [0.1, 0.15) is 18.5 Å². The maximum absolute atomic E-state index is 12.1. The lowest BCUT2D eigenvalue weighted by Crippen LogP contribution is -2.28. The molecule has 1 amide bonds. The molecule has 6 heteroatoms. The zero-order chi connectivity index (χ0) is 16.2. The number of halogens is 1. The molecule has 1 N–H and O–H groups in total. The monoisotopic (exact) mass is 349 g/mol. The second-order valence-corrected chi connectivity index (χ2v) is 6.63. The van der Waals surface area contributed by atoms with E-state index in [2.05, 4.69) is 5.32 Å². The number of rotatable bonds is 5. The maximum atomic E-state index is 12.1. The highest BCUT2D eigenvalue weighted by atomic mass is 35.5. The van der Waals surface area contributed by atoms with Crippen LogP contribution >= 0.6 is 23.4 Å². The zero-order valence-corrected chi connectivity index (χ0v) is 14.1. The van der Waals surface area contributed by atoms with Gasteiger partial charge in [-0.3, -0.25) is 4.79 Å². The van der Waals surface area contributed by atoms with E-state index in [1.807, 2.05) is 49.4 Å². The minimum atomic E-state index is -0.0946. The van der Waals surface area contributed by atoms with Crippen LogP contribution < -0.4 is 14.8 Å². The van der Waals surface area contributed by atoms with Crippen molar-refractivity contribution in [2.45, 2.75) is 17.9 Å². The molecule has 1 heterocycles. The van der Waals surface area contributed by atoms with Crippen LogP contribution in [0, 0.1) is 0 Å². The highest BCUT2D eigenvalue weighted by molar-refractivity contribution is 8.00. The van der Waals surface area contributed by atoms with Gasteiger partial charge in [-0.25, -0.2) is 0 Å². The molecule has 1 aliphatic rings. The van der Waals surface area contributed by atoms with Crippen molar-refractivity contribution < 1.29 is 14.3 Å². The molecule has 23 heavy (non-hydrogen) atoms. The summed E-state index contributed by atoms with van der Waals surface area (Å²) >= 11 is 7.32. The summed E-state index contributed by atoms with van der Waals surface area (Å²) in [6.45, 7) is 2.19. The SMILES string of the molecule is CC(NC(=O)CSc1ccc(Cl)cc1)c1ccc2c(c1)OCO2. The molecule has 1 unspecified atom stereocenters. The standard InChI is InChI=1S/C17H16ClNO3S/c1-11(12-2-7-15-16(8-12)22-10-21-15)19-17(20)9-23-14-5-3-13(18)4-6-14/h2-8,11H,9-10H2,1H3,(H,19,20). The second kappa shape index (κ2) is 7.15. The average molecular weight is 350 g/mol. The Morgan fingerprint density at radius 2 is 1.96 bits per heavy atom. The van der Waals surface area contributed by atoms with Gasteiger partial charge in [-0.15, -0.1) is 11.8 Å². The minimum Gasteiger partial charge on any atom is -0.454 e. The molecule has 0 aromatic heterocycles. The summed E-state index contributed by atoms with van der Waals surface area (Å²) in [7, 11) is 0. The van der Waals surface area contributed by atoms with Crippen molar-refractivity contribution in [1.82, 2.24) is 5.32 Å². The molecule has 3 rings (SSSR count). The quantitative estimate of drug-likeness (QED) is 0.828. The number of hydrogen-bond acceptors (Lipinski definition) is 4. The topological polar surface area (TPSA) is 47.6 Å². The minimum absolute atomic E-state index is 0.0184. The molecule has 1 aliphatic heterocycles. The summed E-state index contributed by atoms with van der Waals surface area (Å²) in [5.41, 5.74) is 0.985. The molecule has 120 valence electrons. The molecule has 0 fully saturated rings. The van der Waals surface area contributed by atoms with Crippen LogP contribution in [0.4, 0.5) is 0 Å². The summed E-state index contributed by atoms with van der Waals surface area (Å²) < 4.78 is 10.6. The fourth-order valence-electron chi connectivity index (χ4n) is 2.23. The van der Waals surface area contributed by atoms with Gasteiger partial charge < -0.3 is 14.8 Å². The van der Waals surface area contributed by atoms with Gasteiger partial charge in [0, 0.05) is 9.92 Å². The molecular formula is C17H16ClNO3S. The van der Waals surface area contributed by atoms with Crippen molar-refractivity contribution in [2.24, 2.45) is 0 Å². The Kier molecular flexibility index (Phi) is 4.98. The van der Waals surface area contributed by atoms with Gasteiger partial charge in [0.15, 0.2) is 11.5 Å². The van der Waals surface area contributed by atoms with Gasteiger partial charge in [0.2, 0.25) is 12.7 Å². The van der Waals surface area contributed by atoms with Crippen molar-refractivity contribution >= 4 is 29.3 Å². The third kappa shape index (κ3) is 4.12. The molecule has 2 aromatic rings. The fraction of sp³-hybridized carbons (Fsp3) is 0.235. The summed E-state index contributed by atoms with van der Waals surface area (Å²) in [6.07, 6.45) is 0. The van der Waals surface area contributed by atoms with Gasteiger partial charge in [-0.2, -0.15) is 0 Å². The maximum Gasteiger partial charge on any atom is 0.231 e. The van der Waals surface area contributed by atoms with Crippen molar-refractivity contribution in [3.8, 4) is 11.5 Å². The van der Waals surface area contributed by atoms with Crippen LogP contribution in [0.5, 0.6) is 11.5 Å². The van der Waals surface area contributed by atoms with Crippen molar-refractivity contribution in [3.63, 3.8) is 0 Å². The zero-order valence-electron chi connectivity index (χ0n) is 12.5. The van der Waals surface area contributed by atoms with Crippen LogP contribution in [0.25, 0.3) is 0 Å². The molecule has 0 bridgehead atoms. The molecule has 0 aliphatic carbocycles. The Bertz CT molecular complexity index is 705. The number of ether oxygens (including phenoxy) is 2. The highest BCUT2D eigenvalue weighted by Crippen LogP contribution is 2.34. The Hall–Kier alpha value is -1.85. The molecule has 0 saturated carbocycles. The average Bonchev–Trinajstić information content (AvgIpc) is 3.02. The van der Waals surface area contributed by atoms with E-state index in [9.17, 15) is 4.79 Å². The van der Waals surface area contributed by atoms with Gasteiger partial charge in [0.05, 0.1) is 11.8 Å². The third-order valence-electron chi connectivity index (χ3n) is 3.46. The van der Waals surface area contributed by atoms with Crippen LogP contribution in [-0.4, -0.2) is 18.5 Å². The van der Waals surface area contributed by atoms with Gasteiger partial charge in [0.25, 0.3) is 0 Å². The molecular weight excluding hydrogens is 334 g/mol. The van der Waals surface area contributed by atoms with E-state index < -0.39 is 0 Å². The van der Waals surface area contributed by atoms with Crippen LogP contribution in [0.3, 0.4) is 0 Å². The number of benzene rings is 2. The first-order chi connectivity index (χ1) is 11.1. The first-order valence-corrected chi connectivity index (χ1v) is 8.55. The second-order valence-electron chi connectivity index (χ2n) is 5.14. The van der Waals surface area contributed by atoms with E-state index in [1.165, 1.54) is 11.8 Å². The van der Waals surface area contributed by atoms with E-state index in [4.69, 9.17) is 21.1 Å². The Morgan fingerprint density at radius 1 is 1.22 bits per heavy atom. The van der Waals surface area contributed by atoms with Gasteiger partial charge in [0.1, 0.15) is 0 Å². The van der Waals surface area contributed by atoms with E-state index in [0.717, 1.165) is 22.0 Å². The summed E-state index contributed by atoms with van der Waals surface area (Å²) in [4.78, 5) is 13.1. The fourth-order valence-corrected chi connectivity index (χ4v) is 3.06. The van der Waals surface area contributed by atoms with Gasteiger partial charge in [-0.1, -0.05) is 17.7 Å². The van der Waals surface area contributed by atoms with E-state index in [0.29, 0.717) is 10.8 Å². The number of nitrogens with one attached hydrogen (secondary N) is 1. The van der Waals surface area contributed by atoms with E-state index >= 15 is 0 Å². The number of carbonyl (C=O) groups excluding carboxylic acids is 1. The normalized spacial score (nSPS) is 13.7. The Labute approximate surface area is 144 Å². The predicted molar refractivity (Wildman–Crippen MR) is 91.3 cm³/mol. The number of hydrogen-bond donors (Lipinski definition) is 1. The molecule has 0 spiro atoms.